The van der Waals surface area contributed by atoms with E-state index >= 15 is 0 Å². The first-order valence-corrected chi connectivity index (χ1v) is 6.85. The van der Waals surface area contributed by atoms with E-state index in [0.29, 0.717) is 34.7 Å². The van der Waals surface area contributed by atoms with E-state index in [2.05, 4.69) is 10.6 Å². The zero-order valence-corrected chi connectivity index (χ0v) is 13.0. The smallest absolute Gasteiger partial charge is 0.316 e. The largest absolute Gasteiger partial charge is 0.337 e. The van der Waals surface area contributed by atoms with Crippen LogP contribution in [-0.4, -0.2) is 38.1 Å². The maximum absolute atomic E-state index is 11.3. The van der Waals surface area contributed by atoms with Crippen LogP contribution >= 0.6 is 34.8 Å². The molecule has 2 N–H and O–H groups in total. The SMILES string of the molecule is CN(C)C(=O)NCCNCc1c(Cl)ccc(Cl)c1Cl. The van der Waals surface area contributed by atoms with E-state index in [-0.39, 0.29) is 6.03 Å². The topological polar surface area (TPSA) is 44.4 Å². The van der Waals surface area contributed by atoms with Crippen LogP contribution in [0.3, 0.4) is 0 Å². The summed E-state index contributed by atoms with van der Waals surface area (Å²) >= 11 is 18.0. The summed E-state index contributed by atoms with van der Waals surface area (Å²) in [6, 6.07) is 3.24. The number of benzene rings is 1. The third-order valence-electron chi connectivity index (χ3n) is 2.42. The summed E-state index contributed by atoms with van der Waals surface area (Å²) in [5.41, 5.74) is 0.759. The Morgan fingerprint density at radius 2 is 1.79 bits per heavy atom. The second-order valence-electron chi connectivity index (χ2n) is 4.12. The van der Waals surface area contributed by atoms with Gasteiger partial charge in [-0.05, 0) is 12.1 Å². The summed E-state index contributed by atoms with van der Waals surface area (Å²) in [6.45, 7) is 1.63. The average Bonchev–Trinajstić information content (AvgIpc) is 2.37. The van der Waals surface area contributed by atoms with Crippen molar-refractivity contribution in [1.29, 1.82) is 0 Å². The van der Waals surface area contributed by atoms with Crippen molar-refractivity contribution in [2.75, 3.05) is 27.2 Å². The second-order valence-corrected chi connectivity index (χ2v) is 5.32. The van der Waals surface area contributed by atoms with E-state index in [1.807, 2.05) is 0 Å². The molecule has 0 fully saturated rings. The quantitative estimate of drug-likeness (QED) is 0.646. The fraction of sp³-hybridized carbons (Fsp3) is 0.417. The lowest BCUT2D eigenvalue weighted by atomic mass is 10.2. The van der Waals surface area contributed by atoms with Gasteiger partial charge in [0.25, 0.3) is 0 Å². The molecule has 0 unspecified atom stereocenters. The molecular formula is C12H16Cl3N3O. The van der Waals surface area contributed by atoms with Crippen LogP contribution in [0.25, 0.3) is 0 Å². The summed E-state index contributed by atoms with van der Waals surface area (Å²) in [5, 5.41) is 7.39. The predicted octanol–water partition coefficient (Wildman–Crippen LogP) is 3.01. The number of rotatable bonds is 5. The number of urea groups is 1. The average molecular weight is 325 g/mol. The van der Waals surface area contributed by atoms with E-state index in [1.54, 1.807) is 26.2 Å². The monoisotopic (exact) mass is 323 g/mol. The van der Waals surface area contributed by atoms with Crippen LogP contribution < -0.4 is 10.6 Å². The van der Waals surface area contributed by atoms with Crippen LogP contribution in [0, 0.1) is 0 Å². The van der Waals surface area contributed by atoms with Gasteiger partial charge in [-0.15, -0.1) is 0 Å². The molecule has 0 aliphatic carbocycles. The highest BCUT2D eigenvalue weighted by Gasteiger charge is 2.09. The minimum atomic E-state index is -0.124. The number of nitrogens with one attached hydrogen (secondary N) is 2. The highest BCUT2D eigenvalue weighted by molar-refractivity contribution is 6.44. The number of carbonyl (C=O) groups excluding carboxylic acids is 1. The molecule has 0 aromatic heterocycles. The highest BCUT2D eigenvalue weighted by Crippen LogP contribution is 2.31. The zero-order valence-electron chi connectivity index (χ0n) is 10.8. The molecule has 1 aromatic carbocycles. The van der Waals surface area contributed by atoms with Crippen LogP contribution in [0.2, 0.25) is 15.1 Å². The first-order chi connectivity index (χ1) is 8.93. The number of amides is 2. The second kappa shape index (κ2) is 7.80. The van der Waals surface area contributed by atoms with Crippen LogP contribution in [0.1, 0.15) is 5.56 Å². The van der Waals surface area contributed by atoms with E-state index in [4.69, 9.17) is 34.8 Å². The summed E-state index contributed by atoms with van der Waals surface area (Å²) in [7, 11) is 3.38. The zero-order chi connectivity index (χ0) is 14.4. The fourth-order valence-corrected chi connectivity index (χ4v) is 2.04. The number of carbonyl (C=O) groups is 1. The van der Waals surface area contributed by atoms with E-state index in [0.717, 1.165) is 5.56 Å². The number of halogens is 3. The van der Waals surface area contributed by atoms with Gasteiger partial charge in [0.15, 0.2) is 0 Å². The molecule has 1 rings (SSSR count). The molecule has 7 heteroatoms. The molecule has 1 aromatic rings. The molecule has 0 heterocycles. The first-order valence-electron chi connectivity index (χ1n) is 5.71. The molecule has 0 saturated heterocycles. The summed E-state index contributed by atoms with van der Waals surface area (Å²) in [6.07, 6.45) is 0. The summed E-state index contributed by atoms with van der Waals surface area (Å²) in [4.78, 5) is 12.7. The van der Waals surface area contributed by atoms with Crippen molar-refractivity contribution in [2.24, 2.45) is 0 Å². The number of hydrogen-bond acceptors (Lipinski definition) is 2. The lowest BCUT2D eigenvalue weighted by molar-refractivity contribution is 0.217. The molecule has 19 heavy (non-hydrogen) atoms. The van der Waals surface area contributed by atoms with Crippen molar-refractivity contribution in [3.8, 4) is 0 Å². The van der Waals surface area contributed by atoms with Gasteiger partial charge in [-0.2, -0.15) is 0 Å². The Labute approximate surface area is 128 Å². The van der Waals surface area contributed by atoms with Crippen molar-refractivity contribution in [3.63, 3.8) is 0 Å². The van der Waals surface area contributed by atoms with Gasteiger partial charge < -0.3 is 15.5 Å². The van der Waals surface area contributed by atoms with E-state index in [1.165, 1.54) is 4.90 Å². The Kier molecular flexibility index (Phi) is 6.72. The molecule has 0 saturated carbocycles. The lowest BCUT2D eigenvalue weighted by Crippen LogP contribution is -2.38. The Balaban J connectivity index is 2.38. The summed E-state index contributed by atoms with van der Waals surface area (Å²) < 4.78 is 0. The Hall–Kier alpha value is -0.680. The highest BCUT2D eigenvalue weighted by atomic mass is 35.5. The fourth-order valence-electron chi connectivity index (χ4n) is 1.36. The Morgan fingerprint density at radius 1 is 1.16 bits per heavy atom. The standard InChI is InChI=1S/C12H16Cl3N3O/c1-18(2)12(19)17-6-5-16-7-8-9(13)3-4-10(14)11(8)15/h3-4,16H,5-7H2,1-2H3,(H,17,19). The normalized spacial score (nSPS) is 10.4. The molecule has 2 amide bonds. The van der Waals surface area contributed by atoms with Gasteiger partial charge in [0.05, 0.1) is 10.0 Å². The van der Waals surface area contributed by atoms with Gasteiger partial charge in [-0.1, -0.05) is 34.8 Å². The minimum Gasteiger partial charge on any atom is -0.337 e. The molecule has 0 radical (unpaired) electrons. The Morgan fingerprint density at radius 3 is 2.42 bits per heavy atom. The summed E-state index contributed by atoms with van der Waals surface area (Å²) in [5.74, 6) is 0. The molecule has 106 valence electrons. The molecule has 0 aliphatic rings. The Bertz CT molecular complexity index is 452. The predicted molar refractivity (Wildman–Crippen MR) is 80.3 cm³/mol. The number of nitrogens with zero attached hydrogens (tertiary/aromatic N) is 1. The van der Waals surface area contributed by atoms with Gasteiger partial charge in [-0.3, -0.25) is 0 Å². The van der Waals surface area contributed by atoms with Crippen molar-refractivity contribution < 1.29 is 4.79 Å². The molecule has 0 atom stereocenters. The maximum atomic E-state index is 11.3. The van der Waals surface area contributed by atoms with Crippen LogP contribution in [0.5, 0.6) is 0 Å². The van der Waals surface area contributed by atoms with E-state index < -0.39 is 0 Å². The minimum absolute atomic E-state index is 0.124. The van der Waals surface area contributed by atoms with Crippen LogP contribution in [-0.2, 0) is 6.54 Å². The molecule has 0 aliphatic heterocycles. The molecule has 0 spiro atoms. The van der Waals surface area contributed by atoms with Crippen LogP contribution in [0.4, 0.5) is 4.79 Å². The van der Waals surface area contributed by atoms with Crippen molar-refractivity contribution in [3.05, 3.63) is 32.8 Å². The number of hydrogen-bond donors (Lipinski definition) is 2. The third kappa shape index (κ3) is 5.07. The van der Waals surface area contributed by atoms with Crippen molar-refractivity contribution >= 4 is 40.8 Å². The van der Waals surface area contributed by atoms with Gasteiger partial charge in [0, 0.05) is 44.3 Å². The van der Waals surface area contributed by atoms with Gasteiger partial charge in [0.2, 0.25) is 0 Å². The molecular weight excluding hydrogens is 309 g/mol. The van der Waals surface area contributed by atoms with Crippen molar-refractivity contribution in [2.45, 2.75) is 6.54 Å². The maximum Gasteiger partial charge on any atom is 0.316 e. The first kappa shape index (κ1) is 16.4. The van der Waals surface area contributed by atoms with Gasteiger partial charge >= 0.3 is 6.03 Å². The molecule has 4 nitrogen and oxygen atoms in total. The van der Waals surface area contributed by atoms with Crippen molar-refractivity contribution in [1.82, 2.24) is 15.5 Å². The molecule has 0 bridgehead atoms. The third-order valence-corrected chi connectivity index (χ3v) is 3.62. The van der Waals surface area contributed by atoms with E-state index in [9.17, 15) is 4.79 Å². The van der Waals surface area contributed by atoms with Gasteiger partial charge in [-0.25, -0.2) is 4.79 Å². The van der Waals surface area contributed by atoms with Crippen LogP contribution in [0.15, 0.2) is 12.1 Å². The lowest BCUT2D eigenvalue weighted by Gasteiger charge is -2.13. The van der Waals surface area contributed by atoms with Gasteiger partial charge in [0.1, 0.15) is 0 Å².